The van der Waals surface area contributed by atoms with Crippen molar-refractivity contribution in [1.29, 1.82) is 0 Å². The van der Waals surface area contributed by atoms with E-state index in [0.29, 0.717) is 16.4 Å². The number of benzene rings is 1. The first-order chi connectivity index (χ1) is 9.78. The van der Waals surface area contributed by atoms with E-state index in [2.05, 4.69) is 0 Å². The fraction of sp³-hybridized carbons (Fsp3) is 0.353. The summed E-state index contributed by atoms with van der Waals surface area (Å²) < 4.78 is 10.2. The van der Waals surface area contributed by atoms with Crippen LogP contribution in [0.3, 0.4) is 0 Å². The second-order valence-corrected chi connectivity index (χ2v) is 6.06. The minimum Gasteiger partial charge on any atom is -0.496 e. The molecule has 0 bridgehead atoms. The molecule has 0 amide bonds. The molecule has 0 fully saturated rings. The van der Waals surface area contributed by atoms with Crippen molar-refractivity contribution in [3.63, 3.8) is 0 Å². The summed E-state index contributed by atoms with van der Waals surface area (Å²) in [5, 5.41) is 0.560. The third-order valence-corrected chi connectivity index (χ3v) is 3.00. The predicted octanol–water partition coefficient (Wildman–Crippen LogP) is 4.47. The Balaban J connectivity index is 3.39. The number of hydrogen-bond donors (Lipinski definition) is 0. The number of carbonyl (C=O) groups is 1. The molecule has 0 aliphatic rings. The Labute approximate surface area is 131 Å². The highest BCUT2D eigenvalue weighted by atomic mass is 35.5. The molecular formula is C17H21ClO3. The number of carbonyl (C=O) groups excluding carboxylic acids is 1. The third-order valence-electron chi connectivity index (χ3n) is 2.66. The smallest absolute Gasteiger partial charge is 0.341 e. The summed E-state index contributed by atoms with van der Waals surface area (Å²) in [5.74, 6) is 0.00143. The molecule has 0 saturated heterocycles. The minimum atomic E-state index is -0.465. The van der Waals surface area contributed by atoms with Gasteiger partial charge in [-0.25, -0.2) is 4.79 Å². The van der Waals surface area contributed by atoms with Crippen LogP contribution in [0, 0.1) is 5.41 Å². The van der Waals surface area contributed by atoms with Gasteiger partial charge in [0.15, 0.2) is 0 Å². The van der Waals surface area contributed by atoms with Crippen LogP contribution in [0.2, 0.25) is 5.02 Å². The summed E-state index contributed by atoms with van der Waals surface area (Å²) in [6, 6.07) is 7.28. The van der Waals surface area contributed by atoms with Crippen molar-refractivity contribution in [2.45, 2.75) is 20.8 Å². The van der Waals surface area contributed by atoms with Crippen LogP contribution < -0.4 is 0 Å². The van der Waals surface area contributed by atoms with Crippen LogP contribution in [-0.4, -0.2) is 20.2 Å². The van der Waals surface area contributed by atoms with Crippen molar-refractivity contribution in [2.24, 2.45) is 5.41 Å². The lowest BCUT2D eigenvalue weighted by atomic mass is 9.94. The van der Waals surface area contributed by atoms with Crippen LogP contribution in [0.5, 0.6) is 0 Å². The van der Waals surface area contributed by atoms with Crippen molar-refractivity contribution in [2.75, 3.05) is 14.2 Å². The number of rotatable bonds is 4. The standard InChI is InChI=1S/C17H21ClO3/c1-17(2,3)11-15(20-4)13(16(19)21-5)10-12-8-6-7-9-14(12)18/h6-11H,1-5H3/b13-10+,15-11+. The molecule has 0 aliphatic carbocycles. The Kier molecular flexibility index (Phi) is 6.03. The second kappa shape index (κ2) is 7.32. The minimum absolute atomic E-state index is 0.140. The molecule has 0 heterocycles. The van der Waals surface area contributed by atoms with Crippen LogP contribution in [-0.2, 0) is 14.3 Å². The van der Waals surface area contributed by atoms with Gasteiger partial charge in [0.2, 0.25) is 0 Å². The predicted molar refractivity (Wildman–Crippen MR) is 86.0 cm³/mol. The quantitative estimate of drug-likeness (QED) is 0.356. The van der Waals surface area contributed by atoms with Gasteiger partial charge >= 0.3 is 5.97 Å². The number of halogens is 1. The van der Waals surface area contributed by atoms with Gasteiger partial charge in [0, 0.05) is 5.02 Å². The molecule has 4 heteroatoms. The molecule has 0 saturated carbocycles. The first-order valence-corrected chi connectivity index (χ1v) is 6.98. The zero-order chi connectivity index (χ0) is 16.0. The SMILES string of the molecule is COC(=O)C(=C/c1ccccc1Cl)/C(=C\C(C)(C)C)OC. The first-order valence-electron chi connectivity index (χ1n) is 6.60. The molecule has 0 aromatic heterocycles. The van der Waals surface area contributed by atoms with Crippen LogP contribution in [0.4, 0.5) is 0 Å². The fourth-order valence-corrected chi connectivity index (χ4v) is 1.92. The van der Waals surface area contributed by atoms with Gasteiger partial charge in [-0.3, -0.25) is 0 Å². The summed E-state index contributed by atoms with van der Waals surface area (Å²) in [6.45, 7) is 6.07. The van der Waals surface area contributed by atoms with E-state index >= 15 is 0 Å². The average Bonchev–Trinajstić information content (AvgIpc) is 2.42. The van der Waals surface area contributed by atoms with E-state index in [4.69, 9.17) is 21.1 Å². The monoisotopic (exact) mass is 308 g/mol. The molecule has 0 unspecified atom stereocenters. The molecule has 1 aromatic carbocycles. The Morgan fingerprint density at radius 1 is 1.14 bits per heavy atom. The maximum atomic E-state index is 12.1. The van der Waals surface area contributed by atoms with E-state index in [9.17, 15) is 4.79 Å². The molecule has 3 nitrogen and oxygen atoms in total. The number of methoxy groups -OCH3 is 2. The molecular weight excluding hydrogens is 288 g/mol. The van der Waals surface area contributed by atoms with Crippen molar-refractivity contribution >= 4 is 23.6 Å². The molecule has 1 rings (SSSR count). The van der Waals surface area contributed by atoms with Crippen molar-refractivity contribution < 1.29 is 14.3 Å². The normalized spacial score (nSPS) is 13.0. The van der Waals surface area contributed by atoms with Crippen LogP contribution in [0.25, 0.3) is 6.08 Å². The van der Waals surface area contributed by atoms with Gasteiger partial charge in [0.05, 0.1) is 14.2 Å². The highest BCUT2D eigenvalue weighted by Crippen LogP contribution is 2.26. The Bertz CT molecular complexity index is 566. The number of esters is 1. The molecule has 0 atom stereocenters. The van der Waals surface area contributed by atoms with Crippen LogP contribution >= 0.6 is 11.6 Å². The molecule has 114 valence electrons. The van der Waals surface area contributed by atoms with E-state index in [0.717, 1.165) is 5.56 Å². The highest BCUT2D eigenvalue weighted by Gasteiger charge is 2.19. The molecule has 0 aliphatic heterocycles. The number of hydrogen-bond acceptors (Lipinski definition) is 3. The van der Waals surface area contributed by atoms with Gasteiger partial charge in [0.1, 0.15) is 11.3 Å². The first kappa shape index (κ1) is 17.3. The Hall–Kier alpha value is -1.74. The van der Waals surface area contributed by atoms with E-state index in [1.807, 2.05) is 45.0 Å². The summed E-state index contributed by atoms with van der Waals surface area (Å²) in [6.07, 6.45) is 3.56. The summed E-state index contributed by atoms with van der Waals surface area (Å²) in [5.41, 5.74) is 0.929. The fourth-order valence-electron chi connectivity index (χ4n) is 1.73. The van der Waals surface area contributed by atoms with E-state index in [1.54, 1.807) is 12.1 Å². The van der Waals surface area contributed by atoms with Gasteiger partial charge < -0.3 is 9.47 Å². The number of ether oxygens (including phenoxy) is 2. The summed E-state index contributed by atoms with van der Waals surface area (Å²) >= 11 is 6.14. The molecule has 21 heavy (non-hydrogen) atoms. The Morgan fingerprint density at radius 2 is 1.76 bits per heavy atom. The molecule has 1 aromatic rings. The maximum absolute atomic E-state index is 12.1. The summed E-state index contributed by atoms with van der Waals surface area (Å²) in [7, 11) is 2.87. The van der Waals surface area contributed by atoms with Gasteiger partial charge in [-0.05, 0) is 29.2 Å². The lowest BCUT2D eigenvalue weighted by molar-refractivity contribution is -0.136. The van der Waals surface area contributed by atoms with Crippen molar-refractivity contribution in [3.05, 3.63) is 52.3 Å². The lowest BCUT2D eigenvalue weighted by Crippen LogP contribution is -2.11. The second-order valence-electron chi connectivity index (χ2n) is 5.65. The van der Waals surface area contributed by atoms with E-state index in [1.165, 1.54) is 14.2 Å². The lowest BCUT2D eigenvalue weighted by Gasteiger charge is -2.17. The molecule has 0 N–H and O–H groups in total. The summed E-state index contributed by atoms with van der Waals surface area (Å²) in [4.78, 5) is 12.1. The van der Waals surface area contributed by atoms with Crippen LogP contribution in [0.1, 0.15) is 26.3 Å². The van der Waals surface area contributed by atoms with E-state index < -0.39 is 5.97 Å². The highest BCUT2D eigenvalue weighted by molar-refractivity contribution is 6.32. The van der Waals surface area contributed by atoms with E-state index in [-0.39, 0.29) is 5.41 Å². The van der Waals surface area contributed by atoms with Crippen molar-refractivity contribution in [3.8, 4) is 0 Å². The molecule has 0 radical (unpaired) electrons. The average molecular weight is 309 g/mol. The van der Waals surface area contributed by atoms with Gasteiger partial charge in [-0.2, -0.15) is 0 Å². The largest absolute Gasteiger partial charge is 0.496 e. The molecule has 0 spiro atoms. The van der Waals surface area contributed by atoms with Gasteiger partial charge in [-0.15, -0.1) is 0 Å². The van der Waals surface area contributed by atoms with Gasteiger partial charge in [0.25, 0.3) is 0 Å². The zero-order valence-electron chi connectivity index (χ0n) is 13.1. The number of allylic oxidation sites excluding steroid dienone is 1. The third kappa shape index (κ3) is 5.27. The maximum Gasteiger partial charge on any atom is 0.341 e. The topological polar surface area (TPSA) is 35.5 Å². The van der Waals surface area contributed by atoms with Crippen LogP contribution in [0.15, 0.2) is 41.7 Å². The Morgan fingerprint density at radius 3 is 2.24 bits per heavy atom. The van der Waals surface area contributed by atoms with Crippen molar-refractivity contribution in [1.82, 2.24) is 0 Å². The zero-order valence-corrected chi connectivity index (χ0v) is 13.8. The van der Waals surface area contributed by atoms with Gasteiger partial charge in [-0.1, -0.05) is 50.6 Å².